The maximum absolute atomic E-state index is 13.9. The van der Waals surface area contributed by atoms with E-state index < -0.39 is 11.5 Å². The highest BCUT2D eigenvalue weighted by Crippen LogP contribution is 2.55. The first kappa shape index (κ1) is 19.0. The van der Waals surface area contributed by atoms with Gasteiger partial charge in [0.15, 0.2) is 5.78 Å². The number of hydrogen-bond donors (Lipinski definition) is 1. The van der Waals surface area contributed by atoms with Crippen LogP contribution in [0.3, 0.4) is 0 Å². The predicted octanol–water partition coefficient (Wildman–Crippen LogP) is 4.72. The Bertz CT molecular complexity index is 1130. The number of hydrogen-bond acceptors (Lipinski definition) is 3. The van der Waals surface area contributed by atoms with E-state index in [0.717, 1.165) is 16.8 Å². The monoisotopic (exact) mass is 416 g/mol. The van der Waals surface area contributed by atoms with Crippen LogP contribution in [0.15, 0.2) is 78.9 Å². The van der Waals surface area contributed by atoms with Crippen molar-refractivity contribution in [1.82, 2.24) is 4.90 Å². The van der Waals surface area contributed by atoms with Gasteiger partial charge < -0.3 is 5.32 Å². The highest BCUT2D eigenvalue weighted by Gasteiger charge is 2.64. The van der Waals surface area contributed by atoms with Gasteiger partial charge in [0, 0.05) is 34.3 Å². The number of rotatable bonds is 3. The van der Waals surface area contributed by atoms with Crippen LogP contribution in [0.4, 0.5) is 5.69 Å². The van der Waals surface area contributed by atoms with Crippen molar-refractivity contribution in [3.05, 3.63) is 101 Å². The number of Topliss-reactive ketones (excluding diaryl/α,β-unsaturated/α-hetero) is 1. The lowest BCUT2D eigenvalue weighted by atomic mass is 9.70. The maximum atomic E-state index is 13.9. The van der Waals surface area contributed by atoms with Crippen molar-refractivity contribution in [1.29, 1.82) is 0 Å². The number of likely N-dealkylation sites (N-methyl/N-ethyl adjacent to an activating group) is 1. The summed E-state index contributed by atoms with van der Waals surface area (Å²) in [5.74, 6) is -0.904. The molecule has 5 heteroatoms. The summed E-state index contributed by atoms with van der Waals surface area (Å²) < 4.78 is 0. The standard InChI is InChI=1S/C25H21ClN2O2/c1-28-15-19(16-8-4-2-5-9-16)22(23(29)17-10-6-3-7-11-17)25(28)20-14-18(26)12-13-21(20)27-24(25)30/h2-14,19,22H,15H2,1H3,(H,27,30)/t19-,22-,25-/m1/s1. The molecule has 5 rings (SSSR count). The van der Waals surface area contributed by atoms with Gasteiger partial charge in [0.1, 0.15) is 5.54 Å². The first-order valence-electron chi connectivity index (χ1n) is 10.0. The zero-order valence-corrected chi connectivity index (χ0v) is 17.3. The van der Waals surface area contributed by atoms with E-state index in [4.69, 9.17) is 11.6 Å². The Morgan fingerprint density at radius 1 is 1.03 bits per heavy atom. The Hall–Kier alpha value is -2.95. The number of carbonyl (C=O) groups is 2. The van der Waals surface area contributed by atoms with Crippen LogP contribution in [0.5, 0.6) is 0 Å². The molecule has 1 saturated heterocycles. The Morgan fingerprint density at radius 3 is 2.40 bits per heavy atom. The third-order valence-corrected chi connectivity index (χ3v) is 6.72. The van der Waals surface area contributed by atoms with E-state index in [9.17, 15) is 9.59 Å². The molecule has 150 valence electrons. The number of amides is 1. The van der Waals surface area contributed by atoms with Crippen molar-refractivity contribution >= 4 is 29.0 Å². The van der Waals surface area contributed by atoms with Gasteiger partial charge in [-0.3, -0.25) is 14.5 Å². The van der Waals surface area contributed by atoms with Gasteiger partial charge in [0.2, 0.25) is 5.91 Å². The number of ketones is 1. The van der Waals surface area contributed by atoms with Crippen LogP contribution in [-0.4, -0.2) is 30.2 Å². The second-order valence-corrected chi connectivity index (χ2v) is 8.45. The van der Waals surface area contributed by atoms with Gasteiger partial charge in [-0.15, -0.1) is 0 Å². The molecule has 1 N–H and O–H groups in total. The molecule has 0 unspecified atom stereocenters. The molecule has 3 aromatic rings. The first-order valence-corrected chi connectivity index (χ1v) is 10.4. The topological polar surface area (TPSA) is 49.4 Å². The molecule has 2 aliphatic heterocycles. The molecular weight excluding hydrogens is 396 g/mol. The number of anilines is 1. The summed E-state index contributed by atoms with van der Waals surface area (Å²) >= 11 is 6.34. The minimum absolute atomic E-state index is 0.0308. The molecule has 0 saturated carbocycles. The predicted molar refractivity (Wildman–Crippen MR) is 118 cm³/mol. The van der Waals surface area contributed by atoms with E-state index >= 15 is 0 Å². The molecule has 3 aromatic carbocycles. The molecule has 0 aliphatic carbocycles. The second-order valence-electron chi connectivity index (χ2n) is 8.02. The number of carbonyl (C=O) groups excluding carboxylic acids is 2. The summed E-state index contributed by atoms with van der Waals surface area (Å²) in [5.41, 5.74) is 2.06. The van der Waals surface area contributed by atoms with Gasteiger partial charge in [0.05, 0.1) is 5.92 Å². The summed E-state index contributed by atoms with van der Waals surface area (Å²) in [4.78, 5) is 29.5. The van der Waals surface area contributed by atoms with Gasteiger partial charge in [-0.2, -0.15) is 0 Å². The van der Waals surface area contributed by atoms with Crippen molar-refractivity contribution < 1.29 is 9.59 Å². The SMILES string of the molecule is CN1C[C@H](c2ccccc2)[C@H](C(=O)c2ccccc2)[C@]12C(=O)Nc1ccc(Cl)cc12. The quantitative estimate of drug-likeness (QED) is 0.629. The largest absolute Gasteiger partial charge is 0.324 e. The van der Waals surface area contributed by atoms with E-state index in [1.54, 1.807) is 6.07 Å². The molecule has 1 spiro atoms. The molecular formula is C25H21ClN2O2. The van der Waals surface area contributed by atoms with Crippen molar-refractivity contribution in [2.24, 2.45) is 5.92 Å². The molecule has 0 bridgehead atoms. The number of benzene rings is 3. The van der Waals surface area contributed by atoms with Gasteiger partial charge in [-0.05, 0) is 30.8 Å². The van der Waals surface area contributed by atoms with Crippen molar-refractivity contribution in [3.63, 3.8) is 0 Å². The second kappa shape index (κ2) is 7.08. The lowest BCUT2D eigenvalue weighted by Gasteiger charge is -2.35. The van der Waals surface area contributed by atoms with Crippen LogP contribution in [-0.2, 0) is 10.3 Å². The minimum Gasteiger partial charge on any atom is -0.324 e. The number of likely N-dealkylation sites (tertiary alicyclic amines) is 1. The number of nitrogens with one attached hydrogen (secondary N) is 1. The van der Waals surface area contributed by atoms with Crippen LogP contribution in [0.25, 0.3) is 0 Å². The fourth-order valence-corrected chi connectivity index (χ4v) is 5.37. The van der Waals surface area contributed by atoms with Crippen LogP contribution < -0.4 is 5.32 Å². The van der Waals surface area contributed by atoms with E-state index in [-0.39, 0.29) is 17.6 Å². The summed E-state index contributed by atoms with van der Waals surface area (Å²) in [6, 6.07) is 24.6. The molecule has 2 aliphatic rings. The van der Waals surface area contributed by atoms with Crippen molar-refractivity contribution in [2.75, 3.05) is 18.9 Å². The molecule has 2 heterocycles. The lowest BCUT2D eigenvalue weighted by Crippen LogP contribution is -2.51. The van der Waals surface area contributed by atoms with E-state index in [0.29, 0.717) is 17.1 Å². The zero-order chi connectivity index (χ0) is 20.9. The molecule has 4 nitrogen and oxygen atoms in total. The Labute approximate surface area is 180 Å². The van der Waals surface area contributed by atoms with Gasteiger partial charge in [-0.1, -0.05) is 72.3 Å². The number of nitrogens with zero attached hydrogens (tertiary/aromatic N) is 1. The first-order chi connectivity index (χ1) is 14.5. The number of fused-ring (bicyclic) bond motifs is 2. The molecule has 1 amide bonds. The normalized spacial score (nSPS) is 25.3. The zero-order valence-electron chi connectivity index (χ0n) is 16.5. The third kappa shape index (κ3) is 2.64. The van der Waals surface area contributed by atoms with Gasteiger partial charge >= 0.3 is 0 Å². The van der Waals surface area contributed by atoms with E-state index in [2.05, 4.69) is 5.32 Å². The Kier molecular flexibility index (Phi) is 4.49. The summed E-state index contributed by atoms with van der Waals surface area (Å²) in [5, 5.41) is 3.55. The van der Waals surface area contributed by atoms with Gasteiger partial charge in [-0.25, -0.2) is 0 Å². The summed E-state index contributed by atoms with van der Waals surface area (Å²) in [6.45, 7) is 0.590. The van der Waals surface area contributed by atoms with Gasteiger partial charge in [0.25, 0.3) is 0 Å². The lowest BCUT2D eigenvalue weighted by molar-refractivity contribution is -0.126. The third-order valence-electron chi connectivity index (χ3n) is 6.48. The van der Waals surface area contributed by atoms with Crippen LogP contribution in [0.1, 0.15) is 27.4 Å². The molecule has 0 radical (unpaired) electrons. The maximum Gasteiger partial charge on any atom is 0.250 e. The van der Waals surface area contributed by atoms with Crippen LogP contribution >= 0.6 is 11.6 Å². The highest BCUT2D eigenvalue weighted by atomic mass is 35.5. The fraction of sp³-hybridized carbons (Fsp3) is 0.200. The van der Waals surface area contributed by atoms with Crippen molar-refractivity contribution in [2.45, 2.75) is 11.5 Å². The summed E-state index contributed by atoms with van der Waals surface area (Å²) in [6.07, 6.45) is 0. The molecule has 0 aromatic heterocycles. The molecule has 30 heavy (non-hydrogen) atoms. The highest BCUT2D eigenvalue weighted by molar-refractivity contribution is 6.31. The Balaban J connectivity index is 1.75. The summed E-state index contributed by atoms with van der Waals surface area (Å²) in [7, 11) is 1.92. The smallest absolute Gasteiger partial charge is 0.250 e. The Morgan fingerprint density at radius 2 is 1.70 bits per heavy atom. The van der Waals surface area contributed by atoms with Crippen molar-refractivity contribution in [3.8, 4) is 0 Å². The van der Waals surface area contributed by atoms with E-state index in [1.807, 2.05) is 84.7 Å². The van der Waals surface area contributed by atoms with E-state index in [1.165, 1.54) is 0 Å². The minimum atomic E-state index is -1.10. The molecule has 3 atom stereocenters. The fourth-order valence-electron chi connectivity index (χ4n) is 5.19. The average molecular weight is 417 g/mol. The molecule has 1 fully saturated rings. The van der Waals surface area contributed by atoms with Crippen LogP contribution in [0, 0.1) is 5.92 Å². The van der Waals surface area contributed by atoms with Crippen LogP contribution in [0.2, 0.25) is 5.02 Å². The number of halogens is 1. The average Bonchev–Trinajstić information content (AvgIpc) is 3.24.